The normalized spacial score (nSPS) is 15.2. The van der Waals surface area contributed by atoms with Crippen LogP contribution in [-0.4, -0.2) is 11.9 Å². The van der Waals surface area contributed by atoms with E-state index in [4.69, 9.17) is 16.3 Å². The summed E-state index contributed by atoms with van der Waals surface area (Å²) in [6.45, 7) is 2.42. The molecule has 0 aliphatic heterocycles. The van der Waals surface area contributed by atoms with E-state index < -0.39 is 0 Å². The molecule has 128 valence electrons. The Kier molecular flexibility index (Phi) is 5.80. The maximum atomic E-state index is 12.3. The number of benzene rings is 1. The van der Waals surface area contributed by atoms with Gasteiger partial charge in [0, 0.05) is 16.6 Å². The lowest BCUT2D eigenvalue weighted by Crippen LogP contribution is -2.35. The summed E-state index contributed by atoms with van der Waals surface area (Å²) in [6.07, 6.45) is 5.92. The number of hydrogen-bond donors (Lipinski definition) is 1. The van der Waals surface area contributed by atoms with Gasteiger partial charge in [-0.1, -0.05) is 30.9 Å². The van der Waals surface area contributed by atoms with Crippen molar-refractivity contribution in [3.8, 4) is 5.75 Å². The summed E-state index contributed by atoms with van der Waals surface area (Å²) in [5.41, 5.74) is 2.02. The number of rotatable bonds is 5. The molecule has 1 aliphatic rings. The number of nitrogens with one attached hydrogen (secondary N) is 1. The molecule has 1 aliphatic carbocycles. The van der Waals surface area contributed by atoms with Crippen molar-refractivity contribution in [3.63, 3.8) is 0 Å². The van der Waals surface area contributed by atoms with Crippen molar-refractivity contribution >= 4 is 28.8 Å². The van der Waals surface area contributed by atoms with Crippen LogP contribution in [0.2, 0.25) is 5.02 Å². The van der Waals surface area contributed by atoms with Crippen LogP contribution in [-0.2, 0) is 6.61 Å². The lowest BCUT2D eigenvalue weighted by Gasteiger charge is -2.22. The van der Waals surface area contributed by atoms with Gasteiger partial charge in [-0.25, -0.2) is 0 Å². The number of ether oxygens (including phenoxy) is 1. The van der Waals surface area contributed by atoms with Gasteiger partial charge in [0.2, 0.25) is 0 Å². The molecule has 0 radical (unpaired) electrons. The summed E-state index contributed by atoms with van der Waals surface area (Å²) < 4.78 is 5.84. The molecular weight excluding hydrogens is 342 g/mol. The predicted molar refractivity (Wildman–Crippen MR) is 99.2 cm³/mol. The monoisotopic (exact) mass is 363 g/mol. The molecule has 0 saturated heterocycles. The Bertz CT molecular complexity index is 707. The van der Waals surface area contributed by atoms with Gasteiger partial charge < -0.3 is 10.1 Å². The van der Waals surface area contributed by atoms with Crippen LogP contribution < -0.4 is 10.1 Å². The second kappa shape index (κ2) is 8.04. The molecule has 0 atom stereocenters. The summed E-state index contributed by atoms with van der Waals surface area (Å²) in [6, 6.07) is 7.84. The van der Waals surface area contributed by atoms with Gasteiger partial charge in [-0.05, 0) is 55.0 Å². The van der Waals surface area contributed by atoms with E-state index in [1.54, 1.807) is 0 Å². The summed E-state index contributed by atoms with van der Waals surface area (Å²) in [7, 11) is 0. The topological polar surface area (TPSA) is 38.3 Å². The predicted octanol–water partition coefficient (Wildman–Crippen LogP) is 5.35. The highest BCUT2D eigenvalue weighted by Gasteiger charge is 2.17. The molecule has 1 N–H and O–H groups in total. The molecule has 1 aromatic heterocycles. The van der Waals surface area contributed by atoms with Crippen molar-refractivity contribution < 1.29 is 9.53 Å². The Hall–Kier alpha value is -1.52. The number of halogens is 1. The highest BCUT2D eigenvalue weighted by Crippen LogP contribution is 2.24. The van der Waals surface area contributed by atoms with E-state index in [2.05, 4.69) is 5.32 Å². The van der Waals surface area contributed by atoms with Crippen molar-refractivity contribution in [2.24, 2.45) is 0 Å². The molecule has 0 spiro atoms. The Morgan fingerprint density at radius 3 is 2.83 bits per heavy atom. The summed E-state index contributed by atoms with van der Waals surface area (Å²) in [5, 5.41) is 5.85. The Morgan fingerprint density at radius 1 is 1.29 bits per heavy atom. The second-order valence-electron chi connectivity index (χ2n) is 6.33. The molecular formula is C19H22ClNO2S. The molecule has 1 saturated carbocycles. The molecule has 1 fully saturated rings. The second-order valence-corrected chi connectivity index (χ2v) is 7.67. The van der Waals surface area contributed by atoms with Crippen molar-refractivity contribution in [1.82, 2.24) is 5.32 Å². The molecule has 3 rings (SSSR count). The third-order valence-electron chi connectivity index (χ3n) is 4.35. The molecule has 24 heavy (non-hydrogen) atoms. The van der Waals surface area contributed by atoms with Crippen LogP contribution in [0.25, 0.3) is 0 Å². The van der Waals surface area contributed by atoms with E-state index >= 15 is 0 Å². The van der Waals surface area contributed by atoms with E-state index in [-0.39, 0.29) is 5.91 Å². The number of hydrogen-bond acceptors (Lipinski definition) is 3. The number of carbonyl (C=O) groups excluding carboxylic acids is 1. The molecule has 1 amide bonds. The molecule has 5 heteroatoms. The van der Waals surface area contributed by atoms with Gasteiger partial charge in [0.15, 0.2) is 0 Å². The quantitative estimate of drug-likeness (QED) is 0.777. The fourth-order valence-electron chi connectivity index (χ4n) is 3.01. The van der Waals surface area contributed by atoms with Gasteiger partial charge in [0.25, 0.3) is 5.91 Å². The summed E-state index contributed by atoms with van der Waals surface area (Å²) in [5.74, 6) is 0.861. The third-order valence-corrected chi connectivity index (χ3v) is 5.56. The maximum absolute atomic E-state index is 12.3. The molecule has 0 bridgehead atoms. The lowest BCUT2D eigenvalue weighted by atomic mass is 9.95. The minimum absolute atomic E-state index is 0.0424. The maximum Gasteiger partial charge on any atom is 0.261 e. The fourth-order valence-corrected chi connectivity index (χ4v) is 4.04. The largest absolute Gasteiger partial charge is 0.489 e. The van der Waals surface area contributed by atoms with E-state index in [9.17, 15) is 4.79 Å². The average Bonchev–Trinajstić information content (AvgIpc) is 3.04. The Labute approximate surface area is 152 Å². The third kappa shape index (κ3) is 4.52. The smallest absolute Gasteiger partial charge is 0.261 e. The van der Waals surface area contributed by atoms with Crippen LogP contribution in [0.5, 0.6) is 5.75 Å². The van der Waals surface area contributed by atoms with Crippen LogP contribution in [0.15, 0.2) is 29.6 Å². The number of amides is 1. The van der Waals surface area contributed by atoms with Crippen molar-refractivity contribution in [2.45, 2.75) is 51.7 Å². The number of carbonyl (C=O) groups is 1. The fraction of sp³-hybridized carbons (Fsp3) is 0.421. The van der Waals surface area contributed by atoms with Crippen molar-refractivity contribution in [1.29, 1.82) is 0 Å². The van der Waals surface area contributed by atoms with E-state index in [1.807, 2.05) is 36.6 Å². The minimum Gasteiger partial charge on any atom is -0.489 e. The van der Waals surface area contributed by atoms with Gasteiger partial charge in [-0.15, -0.1) is 11.3 Å². The first kappa shape index (κ1) is 17.3. The summed E-state index contributed by atoms with van der Waals surface area (Å²) in [4.78, 5) is 13.1. The van der Waals surface area contributed by atoms with Gasteiger partial charge >= 0.3 is 0 Å². The molecule has 3 nitrogen and oxygen atoms in total. The van der Waals surface area contributed by atoms with E-state index in [0.29, 0.717) is 17.7 Å². The van der Waals surface area contributed by atoms with Crippen LogP contribution in [0.1, 0.15) is 52.9 Å². The van der Waals surface area contributed by atoms with Gasteiger partial charge in [-0.3, -0.25) is 4.79 Å². The molecule has 2 aromatic rings. The first-order valence-corrected chi connectivity index (χ1v) is 9.65. The first-order chi connectivity index (χ1) is 11.6. The van der Waals surface area contributed by atoms with Crippen LogP contribution in [0.3, 0.4) is 0 Å². The standard InChI is InChI=1S/C19H22ClNO2S/c1-13-9-15(20)7-8-17(13)23-11-14-10-18(24-12-14)19(22)21-16-5-3-2-4-6-16/h7-10,12,16H,2-6,11H2,1H3,(H,21,22). The van der Waals surface area contributed by atoms with E-state index in [0.717, 1.165) is 34.6 Å². The van der Waals surface area contributed by atoms with Crippen LogP contribution in [0, 0.1) is 6.92 Å². The SMILES string of the molecule is Cc1cc(Cl)ccc1OCc1csc(C(=O)NC2CCCCC2)c1. The van der Waals surface area contributed by atoms with Gasteiger partial charge in [-0.2, -0.15) is 0 Å². The molecule has 1 aromatic carbocycles. The van der Waals surface area contributed by atoms with Crippen LogP contribution >= 0.6 is 22.9 Å². The van der Waals surface area contributed by atoms with Gasteiger partial charge in [0.05, 0.1) is 4.88 Å². The number of aryl methyl sites for hydroxylation is 1. The zero-order valence-electron chi connectivity index (χ0n) is 13.8. The average molecular weight is 364 g/mol. The highest BCUT2D eigenvalue weighted by atomic mass is 35.5. The summed E-state index contributed by atoms with van der Waals surface area (Å²) >= 11 is 7.43. The Morgan fingerprint density at radius 2 is 2.08 bits per heavy atom. The zero-order valence-corrected chi connectivity index (χ0v) is 15.4. The number of thiophene rings is 1. The zero-order chi connectivity index (χ0) is 16.9. The Balaban J connectivity index is 1.55. The lowest BCUT2D eigenvalue weighted by molar-refractivity contribution is 0.0932. The van der Waals surface area contributed by atoms with Crippen LogP contribution in [0.4, 0.5) is 0 Å². The minimum atomic E-state index is 0.0424. The first-order valence-electron chi connectivity index (χ1n) is 8.39. The highest BCUT2D eigenvalue weighted by molar-refractivity contribution is 7.12. The van der Waals surface area contributed by atoms with E-state index in [1.165, 1.54) is 30.6 Å². The van der Waals surface area contributed by atoms with Crippen molar-refractivity contribution in [2.75, 3.05) is 0 Å². The molecule has 0 unspecified atom stereocenters. The van der Waals surface area contributed by atoms with Crippen molar-refractivity contribution in [3.05, 3.63) is 50.7 Å². The molecule has 1 heterocycles. The van der Waals surface area contributed by atoms with Gasteiger partial charge in [0.1, 0.15) is 12.4 Å².